The number of anilines is 2. The van der Waals surface area contributed by atoms with Crippen molar-refractivity contribution in [3.63, 3.8) is 0 Å². The van der Waals surface area contributed by atoms with Gasteiger partial charge >= 0.3 is 0 Å². The molecule has 7 heteroatoms. The summed E-state index contributed by atoms with van der Waals surface area (Å²) in [7, 11) is 0. The Morgan fingerprint density at radius 2 is 1.81 bits per heavy atom. The standard InChI is InChI=1S/C24H32ClN5S/c1-18-15-21(30-13-6-2-3-7-14-30)28-22(27-18)29-23(31)26-17-24(11-4-5-12-24)19-9-8-10-20(25)16-19/h8-10,15-16H,2-7,11-14,17H2,1H3,(H2,26,27,28,29,31). The van der Waals surface area contributed by atoms with Crippen LogP contribution in [0, 0.1) is 6.92 Å². The summed E-state index contributed by atoms with van der Waals surface area (Å²) in [6, 6.07) is 10.3. The molecular weight excluding hydrogens is 426 g/mol. The second kappa shape index (κ2) is 10.1. The van der Waals surface area contributed by atoms with Gasteiger partial charge in [-0.3, -0.25) is 0 Å². The number of aryl methyl sites for hydroxylation is 1. The smallest absolute Gasteiger partial charge is 0.231 e. The summed E-state index contributed by atoms with van der Waals surface area (Å²) >= 11 is 11.9. The van der Waals surface area contributed by atoms with Crippen molar-refractivity contribution in [3.05, 3.63) is 46.6 Å². The van der Waals surface area contributed by atoms with Gasteiger partial charge < -0.3 is 15.5 Å². The van der Waals surface area contributed by atoms with Gasteiger partial charge in [-0.05, 0) is 62.5 Å². The van der Waals surface area contributed by atoms with Crippen LogP contribution >= 0.6 is 23.8 Å². The number of nitrogens with one attached hydrogen (secondary N) is 2. The zero-order valence-electron chi connectivity index (χ0n) is 18.3. The van der Waals surface area contributed by atoms with Crippen LogP contribution in [0.25, 0.3) is 0 Å². The predicted octanol–water partition coefficient (Wildman–Crippen LogP) is 5.62. The van der Waals surface area contributed by atoms with Crippen LogP contribution in [0.15, 0.2) is 30.3 Å². The average molecular weight is 458 g/mol. The molecule has 1 aliphatic carbocycles. The Labute approximate surface area is 196 Å². The molecule has 1 aromatic heterocycles. The third-order valence-electron chi connectivity index (χ3n) is 6.58. The summed E-state index contributed by atoms with van der Waals surface area (Å²) in [4.78, 5) is 11.7. The molecule has 1 aromatic carbocycles. The molecule has 2 heterocycles. The van der Waals surface area contributed by atoms with E-state index >= 15 is 0 Å². The maximum atomic E-state index is 6.28. The quantitative estimate of drug-likeness (QED) is 0.568. The summed E-state index contributed by atoms with van der Waals surface area (Å²) in [5, 5.41) is 8.03. The van der Waals surface area contributed by atoms with E-state index in [2.05, 4.69) is 38.7 Å². The van der Waals surface area contributed by atoms with Crippen LogP contribution in [-0.2, 0) is 5.41 Å². The molecule has 0 unspecified atom stereocenters. The second-order valence-electron chi connectivity index (χ2n) is 8.90. The lowest BCUT2D eigenvalue weighted by molar-refractivity contribution is 0.435. The maximum Gasteiger partial charge on any atom is 0.231 e. The van der Waals surface area contributed by atoms with Crippen LogP contribution < -0.4 is 15.5 Å². The molecule has 1 saturated heterocycles. The minimum atomic E-state index is 0.0707. The Morgan fingerprint density at radius 3 is 2.52 bits per heavy atom. The molecule has 0 spiro atoms. The van der Waals surface area contributed by atoms with Crippen LogP contribution in [0.4, 0.5) is 11.8 Å². The van der Waals surface area contributed by atoms with E-state index in [1.54, 1.807) is 0 Å². The fourth-order valence-corrected chi connectivity index (χ4v) is 5.26. The van der Waals surface area contributed by atoms with Crippen LogP contribution in [0.3, 0.4) is 0 Å². The Hall–Kier alpha value is -1.92. The molecule has 31 heavy (non-hydrogen) atoms. The lowest BCUT2D eigenvalue weighted by Gasteiger charge is -2.30. The van der Waals surface area contributed by atoms with Crippen molar-refractivity contribution in [1.82, 2.24) is 15.3 Å². The van der Waals surface area contributed by atoms with Crippen molar-refractivity contribution in [2.24, 2.45) is 0 Å². The maximum absolute atomic E-state index is 6.28. The van der Waals surface area contributed by atoms with E-state index < -0.39 is 0 Å². The van der Waals surface area contributed by atoms with Crippen molar-refractivity contribution in [2.45, 2.75) is 63.7 Å². The first-order valence-electron chi connectivity index (χ1n) is 11.5. The van der Waals surface area contributed by atoms with Gasteiger partial charge in [0.2, 0.25) is 5.95 Å². The molecule has 2 aromatic rings. The molecule has 2 N–H and O–H groups in total. The van der Waals surface area contributed by atoms with E-state index in [-0.39, 0.29) is 5.41 Å². The summed E-state index contributed by atoms with van der Waals surface area (Å²) in [5.41, 5.74) is 2.31. The van der Waals surface area contributed by atoms with Crippen molar-refractivity contribution in [2.75, 3.05) is 29.9 Å². The number of aromatic nitrogens is 2. The van der Waals surface area contributed by atoms with Crippen molar-refractivity contribution in [3.8, 4) is 0 Å². The summed E-state index contributed by atoms with van der Waals surface area (Å²) in [5.74, 6) is 1.56. The molecular formula is C24H32ClN5S. The largest absolute Gasteiger partial charge is 0.361 e. The van der Waals surface area contributed by atoms with Gasteiger partial charge in [-0.15, -0.1) is 0 Å². The highest BCUT2D eigenvalue weighted by molar-refractivity contribution is 7.80. The normalized spacial score (nSPS) is 18.5. The molecule has 2 fully saturated rings. The fourth-order valence-electron chi connectivity index (χ4n) is 4.90. The molecule has 1 aliphatic heterocycles. The number of halogens is 1. The minimum Gasteiger partial charge on any atom is -0.361 e. The number of hydrogen-bond acceptors (Lipinski definition) is 4. The minimum absolute atomic E-state index is 0.0707. The first-order chi connectivity index (χ1) is 15.0. The first kappa shape index (κ1) is 22.3. The average Bonchev–Trinajstić information content (AvgIpc) is 3.07. The highest BCUT2D eigenvalue weighted by Gasteiger charge is 2.35. The van der Waals surface area contributed by atoms with Gasteiger partial charge in [-0.25, -0.2) is 4.98 Å². The van der Waals surface area contributed by atoms with E-state index in [0.717, 1.165) is 49.0 Å². The summed E-state index contributed by atoms with van der Waals surface area (Å²) < 4.78 is 0. The van der Waals surface area contributed by atoms with Gasteiger partial charge in [0.15, 0.2) is 5.11 Å². The number of hydrogen-bond donors (Lipinski definition) is 2. The lowest BCUT2D eigenvalue weighted by atomic mass is 9.79. The molecule has 0 amide bonds. The fraction of sp³-hybridized carbons (Fsp3) is 0.542. The topological polar surface area (TPSA) is 53.1 Å². The zero-order chi connectivity index (χ0) is 21.7. The van der Waals surface area contributed by atoms with Gasteiger partial charge in [0, 0.05) is 41.8 Å². The molecule has 166 valence electrons. The van der Waals surface area contributed by atoms with Crippen LogP contribution in [0.1, 0.15) is 62.6 Å². The summed E-state index contributed by atoms with van der Waals surface area (Å²) in [6.45, 7) is 4.91. The van der Waals surface area contributed by atoms with Crippen LogP contribution in [-0.4, -0.2) is 34.7 Å². The Bertz CT molecular complexity index is 905. The highest BCUT2D eigenvalue weighted by Crippen LogP contribution is 2.41. The Morgan fingerprint density at radius 1 is 1.06 bits per heavy atom. The molecule has 0 bridgehead atoms. The van der Waals surface area contributed by atoms with E-state index in [4.69, 9.17) is 28.8 Å². The number of nitrogens with zero attached hydrogens (tertiary/aromatic N) is 3. The second-order valence-corrected chi connectivity index (χ2v) is 9.74. The molecule has 1 saturated carbocycles. The third-order valence-corrected chi connectivity index (χ3v) is 7.06. The first-order valence-corrected chi connectivity index (χ1v) is 12.2. The van der Waals surface area contributed by atoms with Crippen LogP contribution in [0.5, 0.6) is 0 Å². The van der Waals surface area contributed by atoms with Gasteiger partial charge in [0.05, 0.1) is 0 Å². The van der Waals surface area contributed by atoms with Crippen molar-refractivity contribution >= 4 is 40.7 Å². The molecule has 5 nitrogen and oxygen atoms in total. The molecule has 0 radical (unpaired) electrons. The van der Waals surface area contributed by atoms with Crippen molar-refractivity contribution < 1.29 is 0 Å². The molecule has 0 atom stereocenters. The van der Waals surface area contributed by atoms with E-state index in [0.29, 0.717) is 11.1 Å². The van der Waals surface area contributed by atoms with Gasteiger partial charge in [0.25, 0.3) is 0 Å². The van der Waals surface area contributed by atoms with Gasteiger partial charge in [0.1, 0.15) is 5.82 Å². The van der Waals surface area contributed by atoms with Gasteiger partial charge in [-0.1, -0.05) is 49.4 Å². The number of thiocarbonyl (C=S) groups is 1. The Kier molecular flexibility index (Phi) is 7.28. The number of benzene rings is 1. The number of rotatable bonds is 5. The van der Waals surface area contributed by atoms with Crippen LogP contribution in [0.2, 0.25) is 5.02 Å². The molecule has 4 rings (SSSR count). The predicted molar refractivity (Wildman–Crippen MR) is 133 cm³/mol. The third kappa shape index (κ3) is 5.66. The summed E-state index contributed by atoms with van der Waals surface area (Å²) in [6.07, 6.45) is 9.78. The highest BCUT2D eigenvalue weighted by atomic mass is 35.5. The Balaban J connectivity index is 1.42. The van der Waals surface area contributed by atoms with E-state index in [1.165, 1.54) is 44.1 Å². The van der Waals surface area contributed by atoms with Crippen molar-refractivity contribution in [1.29, 1.82) is 0 Å². The molecule has 2 aliphatic rings. The SMILES string of the molecule is Cc1cc(N2CCCCCC2)nc(NC(=S)NCC2(c3cccc(Cl)c3)CCCC2)n1. The monoisotopic (exact) mass is 457 g/mol. The lowest BCUT2D eigenvalue weighted by Crippen LogP contribution is -2.41. The van der Waals surface area contributed by atoms with E-state index in [1.807, 2.05) is 19.1 Å². The van der Waals surface area contributed by atoms with E-state index in [9.17, 15) is 0 Å². The van der Waals surface area contributed by atoms with Gasteiger partial charge in [-0.2, -0.15) is 4.98 Å². The zero-order valence-corrected chi connectivity index (χ0v) is 19.9.